The van der Waals surface area contributed by atoms with Crippen molar-refractivity contribution in [2.24, 2.45) is 0 Å². The van der Waals surface area contributed by atoms with Gasteiger partial charge in [0.25, 0.3) is 0 Å². The monoisotopic (exact) mass is 1030 g/mol. The first-order valence-corrected chi connectivity index (χ1v) is 32.1. The number of rotatable bonds is 58. The van der Waals surface area contributed by atoms with Gasteiger partial charge in [0.05, 0.1) is 18.8 Å². The third kappa shape index (κ3) is 59.9. The summed E-state index contributed by atoms with van der Waals surface area (Å²) in [4.78, 5) is 12.5. The average molecular weight is 1030 g/mol. The van der Waals surface area contributed by atoms with Crippen molar-refractivity contribution in [3.63, 3.8) is 0 Å². The fourth-order valence-corrected chi connectivity index (χ4v) is 9.39. The molecule has 3 N–H and O–H groups in total. The van der Waals surface area contributed by atoms with Crippen LogP contribution in [-0.4, -0.2) is 34.9 Å². The SMILES string of the molecule is CC/C=C\C/C=C\C/C=C\C/C=C\C/C=C\C/C=C\CCCCCCCCCCCCCCCCCCC(=O)NC(CO)C(O)/C=C/CC/C=C/CC/C=C/CCCCCCCCCCCCCCCCCCC. The summed E-state index contributed by atoms with van der Waals surface area (Å²) in [6.07, 6.45) is 97.1. The van der Waals surface area contributed by atoms with Crippen LogP contribution in [0, 0.1) is 0 Å². The number of aliphatic hydroxyl groups is 2. The number of nitrogens with one attached hydrogen (secondary N) is 1. The Balaban J connectivity index is 3.55. The standard InChI is InChI=1S/C70H123NO3/c1-3-5-7-9-11-13-15-17-19-21-23-25-27-29-31-32-33-34-35-36-37-38-40-42-44-46-48-50-52-54-56-58-60-62-64-66-70(74)71-68(67-72)69(73)65-63-61-59-57-55-53-51-49-47-45-43-41-39-30-28-26-24-22-20-18-16-14-12-10-8-6-4-2/h5,7,11,13,17,19,23,25,29,31,33-34,47,49,55,57,63,65,68-69,72-73H,3-4,6,8-10,12,14-16,18,20-22,24,26-28,30,32,35-46,48,50-54,56,58-62,64,66-67H2,1-2H3,(H,71,74)/b7-5-,13-11-,19-17-,25-23-,31-29-,34-33-,49-47+,57-55+,65-63+. The predicted octanol–water partition coefficient (Wildman–Crippen LogP) is 21.8. The van der Waals surface area contributed by atoms with Crippen molar-refractivity contribution in [2.75, 3.05) is 6.61 Å². The zero-order chi connectivity index (χ0) is 53.4. The highest BCUT2D eigenvalue weighted by molar-refractivity contribution is 5.76. The normalized spacial score (nSPS) is 13.5. The molecule has 0 bridgehead atoms. The van der Waals surface area contributed by atoms with Gasteiger partial charge in [0.1, 0.15) is 0 Å². The van der Waals surface area contributed by atoms with Crippen molar-refractivity contribution < 1.29 is 15.0 Å². The molecule has 0 aliphatic rings. The first-order chi connectivity index (χ1) is 36.7. The van der Waals surface area contributed by atoms with Crippen LogP contribution >= 0.6 is 0 Å². The van der Waals surface area contributed by atoms with Gasteiger partial charge in [-0.3, -0.25) is 4.79 Å². The van der Waals surface area contributed by atoms with Gasteiger partial charge in [-0.2, -0.15) is 0 Å². The molecule has 2 atom stereocenters. The lowest BCUT2D eigenvalue weighted by molar-refractivity contribution is -0.123. The fraction of sp³-hybridized carbons (Fsp3) is 0.729. The Morgan fingerprint density at radius 1 is 0.338 bits per heavy atom. The third-order valence-electron chi connectivity index (χ3n) is 14.2. The summed E-state index contributed by atoms with van der Waals surface area (Å²) in [5, 5.41) is 23.2. The molecule has 0 spiro atoms. The van der Waals surface area contributed by atoms with Crippen LogP contribution < -0.4 is 5.32 Å². The van der Waals surface area contributed by atoms with Crippen LogP contribution in [0.15, 0.2) is 109 Å². The molecule has 0 rings (SSSR count). The molecule has 0 fully saturated rings. The maximum Gasteiger partial charge on any atom is 0.220 e. The number of aliphatic hydroxyl groups excluding tert-OH is 2. The average Bonchev–Trinajstić information content (AvgIpc) is 3.40. The molecule has 0 saturated carbocycles. The number of unbranched alkanes of at least 4 members (excludes halogenated alkanes) is 35. The smallest absolute Gasteiger partial charge is 0.220 e. The quantitative estimate of drug-likeness (QED) is 0.0420. The van der Waals surface area contributed by atoms with Crippen LogP contribution in [0.2, 0.25) is 0 Å². The van der Waals surface area contributed by atoms with Crippen LogP contribution in [0.5, 0.6) is 0 Å². The first-order valence-electron chi connectivity index (χ1n) is 32.1. The highest BCUT2D eigenvalue weighted by atomic mass is 16.3. The summed E-state index contributed by atoms with van der Waals surface area (Å²) in [6.45, 7) is 4.20. The Morgan fingerprint density at radius 3 is 0.946 bits per heavy atom. The summed E-state index contributed by atoms with van der Waals surface area (Å²) in [6, 6.07) is -0.653. The van der Waals surface area contributed by atoms with Gasteiger partial charge in [-0.1, -0.05) is 316 Å². The molecule has 0 aromatic carbocycles. The molecule has 0 aromatic rings. The summed E-state index contributed by atoms with van der Waals surface area (Å²) in [5.74, 6) is -0.0782. The lowest BCUT2D eigenvalue weighted by atomic mass is 10.0. The Labute approximate surface area is 461 Å². The van der Waals surface area contributed by atoms with Crippen molar-refractivity contribution in [1.29, 1.82) is 0 Å². The van der Waals surface area contributed by atoms with E-state index in [2.05, 4.69) is 116 Å². The second kappa shape index (κ2) is 64.3. The Kier molecular flexibility index (Phi) is 61.8. The maximum atomic E-state index is 12.5. The molecule has 0 radical (unpaired) electrons. The summed E-state index contributed by atoms with van der Waals surface area (Å²) in [5.41, 5.74) is 0. The molecule has 426 valence electrons. The summed E-state index contributed by atoms with van der Waals surface area (Å²) < 4.78 is 0. The fourth-order valence-electron chi connectivity index (χ4n) is 9.39. The molecule has 1 amide bonds. The number of carbonyl (C=O) groups is 1. The first kappa shape index (κ1) is 71.0. The molecule has 74 heavy (non-hydrogen) atoms. The Morgan fingerprint density at radius 2 is 0.608 bits per heavy atom. The number of hydrogen-bond acceptors (Lipinski definition) is 3. The molecule has 0 aromatic heterocycles. The zero-order valence-electron chi connectivity index (χ0n) is 49.1. The second-order valence-corrected chi connectivity index (χ2v) is 21.4. The van der Waals surface area contributed by atoms with Crippen LogP contribution in [0.1, 0.15) is 309 Å². The molecule has 0 aliphatic carbocycles. The zero-order valence-corrected chi connectivity index (χ0v) is 49.1. The minimum absolute atomic E-state index is 0.0782. The number of hydrogen-bond donors (Lipinski definition) is 3. The van der Waals surface area contributed by atoms with E-state index in [1.165, 1.54) is 212 Å². The van der Waals surface area contributed by atoms with Crippen LogP contribution in [0.4, 0.5) is 0 Å². The summed E-state index contributed by atoms with van der Waals surface area (Å²) >= 11 is 0. The molecule has 0 aliphatic heterocycles. The van der Waals surface area contributed by atoms with E-state index in [0.29, 0.717) is 6.42 Å². The Hall–Kier alpha value is -2.95. The van der Waals surface area contributed by atoms with Crippen LogP contribution in [0.3, 0.4) is 0 Å². The van der Waals surface area contributed by atoms with Gasteiger partial charge >= 0.3 is 0 Å². The van der Waals surface area contributed by atoms with Crippen molar-refractivity contribution >= 4 is 5.91 Å². The maximum absolute atomic E-state index is 12.5. The van der Waals surface area contributed by atoms with E-state index in [0.717, 1.165) is 77.0 Å². The lowest BCUT2D eigenvalue weighted by Crippen LogP contribution is -2.45. The highest BCUT2D eigenvalue weighted by Crippen LogP contribution is 2.17. The highest BCUT2D eigenvalue weighted by Gasteiger charge is 2.18. The van der Waals surface area contributed by atoms with Gasteiger partial charge in [-0.05, 0) is 96.3 Å². The van der Waals surface area contributed by atoms with Crippen molar-refractivity contribution in [3.8, 4) is 0 Å². The van der Waals surface area contributed by atoms with Gasteiger partial charge in [-0.15, -0.1) is 0 Å². The van der Waals surface area contributed by atoms with Crippen molar-refractivity contribution in [3.05, 3.63) is 109 Å². The largest absolute Gasteiger partial charge is 0.394 e. The van der Waals surface area contributed by atoms with Crippen molar-refractivity contribution in [1.82, 2.24) is 5.32 Å². The molecule has 4 heteroatoms. The van der Waals surface area contributed by atoms with E-state index in [1.54, 1.807) is 6.08 Å². The number of amides is 1. The van der Waals surface area contributed by atoms with Crippen LogP contribution in [-0.2, 0) is 4.79 Å². The Bertz CT molecular complexity index is 1400. The predicted molar refractivity (Wildman–Crippen MR) is 331 cm³/mol. The van der Waals surface area contributed by atoms with Crippen LogP contribution in [0.25, 0.3) is 0 Å². The van der Waals surface area contributed by atoms with E-state index < -0.39 is 12.1 Å². The third-order valence-corrected chi connectivity index (χ3v) is 14.2. The molecule has 2 unspecified atom stereocenters. The molecule has 0 saturated heterocycles. The molecular weight excluding hydrogens is 903 g/mol. The molecular formula is C70H123NO3. The van der Waals surface area contributed by atoms with E-state index >= 15 is 0 Å². The van der Waals surface area contributed by atoms with Crippen molar-refractivity contribution in [2.45, 2.75) is 321 Å². The minimum atomic E-state index is -0.877. The van der Waals surface area contributed by atoms with E-state index in [-0.39, 0.29) is 12.5 Å². The summed E-state index contributed by atoms with van der Waals surface area (Å²) in [7, 11) is 0. The van der Waals surface area contributed by atoms with Gasteiger partial charge in [-0.25, -0.2) is 0 Å². The minimum Gasteiger partial charge on any atom is -0.394 e. The number of allylic oxidation sites excluding steroid dienone is 17. The van der Waals surface area contributed by atoms with E-state index in [4.69, 9.17) is 0 Å². The molecule has 4 nitrogen and oxygen atoms in total. The van der Waals surface area contributed by atoms with E-state index in [1.807, 2.05) is 6.08 Å². The van der Waals surface area contributed by atoms with Gasteiger partial charge in [0.15, 0.2) is 0 Å². The second-order valence-electron chi connectivity index (χ2n) is 21.4. The van der Waals surface area contributed by atoms with Gasteiger partial charge < -0.3 is 15.5 Å². The van der Waals surface area contributed by atoms with Gasteiger partial charge in [0.2, 0.25) is 5.91 Å². The topological polar surface area (TPSA) is 69.6 Å². The van der Waals surface area contributed by atoms with Gasteiger partial charge in [0, 0.05) is 6.42 Å². The lowest BCUT2D eigenvalue weighted by Gasteiger charge is -2.19. The molecule has 0 heterocycles. The van der Waals surface area contributed by atoms with E-state index in [9.17, 15) is 15.0 Å². The number of carbonyl (C=O) groups excluding carboxylic acids is 1.